The number of H-pyrrole nitrogens is 1. The molecule has 1 N–H and O–H groups in total. The summed E-state index contributed by atoms with van der Waals surface area (Å²) in [6.45, 7) is 18.8. The highest BCUT2D eigenvalue weighted by atomic mass is 127. The molecule has 2 aliphatic heterocycles. The molecule has 6 aromatic heterocycles. The predicted molar refractivity (Wildman–Crippen MR) is 266 cm³/mol. The number of carbonyl (C=O) groups excluding carboxylic acids is 2. The van der Waals surface area contributed by atoms with Crippen LogP contribution in [0.1, 0.15) is 26.8 Å². The predicted octanol–water partition coefficient (Wildman–Crippen LogP) is 9.34. The maximum absolute atomic E-state index is 14.0. The van der Waals surface area contributed by atoms with Gasteiger partial charge in [-0.2, -0.15) is 10.2 Å². The number of ether oxygens (including phenoxy) is 4. The summed E-state index contributed by atoms with van der Waals surface area (Å²) in [4.78, 5) is 41.7. The maximum Gasteiger partial charge on any atom is 0.161 e. The molecule has 21 heteroatoms. The van der Waals surface area contributed by atoms with E-state index in [9.17, 15) is 18.4 Å². The van der Waals surface area contributed by atoms with Gasteiger partial charge >= 0.3 is 0 Å². The van der Waals surface area contributed by atoms with Gasteiger partial charge in [0.2, 0.25) is 0 Å². The molecule has 8 aromatic rings. The lowest BCUT2D eigenvalue weighted by Gasteiger charge is -2.26. The zero-order valence-electron chi connectivity index (χ0n) is 38.3. The molecule has 0 amide bonds. The standard InChI is InChI=1S/C23H26FN5O3Si.C20H22FN5O2Si.C3H5IO/c1-33(2,3)7-6-31-14-28-10-15(11-30)21-23(28)25-9-19(26-21)22-18-5-4-16(24)8-20(18)29(27-22)17-12-32-13-17;1-29(2,3)7-6-28-12-26-10-13(11-27)18-20(26)22-9-17(23-18)19-15-5-4-14(21)8-16(15)24-25-19;4-3-1-5-2-3/h4-5,8-11,17H,6-7,12-14H2,1-3H3;4-5,8-11H,6-7,12H2,1-3H3,(H,24,25);3H,1-2H2. The summed E-state index contributed by atoms with van der Waals surface area (Å²) in [5.41, 5.74) is 6.48. The fourth-order valence-electron chi connectivity index (χ4n) is 7.17. The minimum Gasteiger partial charge on any atom is -0.379 e. The number of carbonyl (C=O) groups is 2. The van der Waals surface area contributed by atoms with Crippen molar-refractivity contribution in [2.75, 3.05) is 39.6 Å². The molecule has 0 aliphatic carbocycles. The van der Waals surface area contributed by atoms with Gasteiger partial charge in [0.05, 0.1) is 70.9 Å². The van der Waals surface area contributed by atoms with Crippen LogP contribution in [0.15, 0.2) is 61.2 Å². The van der Waals surface area contributed by atoms with Crippen LogP contribution in [0.25, 0.3) is 66.9 Å². The molecule has 0 spiro atoms. The van der Waals surface area contributed by atoms with Gasteiger partial charge in [0.25, 0.3) is 0 Å². The van der Waals surface area contributed by atoms with Crippen LogP contribution in [0.2, 0.25) is 51.4 Å². The summed E-state index contributed by atoms with van der Waals surface area (Å²) < 4.78 is 55.4. The quantitative estimate of drug-likeness (QED) is 0.0339. The number of aromatic amines is 1. The van der Waals surface area contributed by atoms with Gasteiger partial charge in [-0.15, -0.1) is 0 Å². The van der Waals surface area contributed by atoms with Crippen molar-refractivity contribution in [1.82, 2.24) is 49.0 Å². The summed E-state index contributed by atoms with van der Waals surface area (Å²) in [5.74, 6) is -0.671. The van der Waals surface area contributed by atoms with Crippen LogP contribution in [0, 0.1) is 11.6 Å². The molecule has 0 radical (unpaired) electrons. The first-order chi connectivity index (χ1) is 32.1. The van der Waals surface area contributed by atoms with Crippen molar-refractivity contribution >= 4 is 95.4 Å². The Kier molecular flexibility index (Phi) is 14.8. The van der Waals surface area contributed by atoms with Crippen LogP contribution in [-0.4, -0.2) is 121 Å². The monoisotopic (exact) mass is 1060 g/mol. The van der Waals surface area contributed by atoms with Gasteiger partial charge in [-0.05, 0) is 48.5 Å². The van der Waals surface area contributed by atoms with Crippen LogP contribution in [0.4, 0.5) is 8.78 Å². The molecule has 8 heterocycles. The molecule has 10 rings (SSSR count). The summed E-state index contributed by atoms with van der Waals surface area (Å²) >= 11 is 2.37. The van der Waals surface area contributed by atoms with E-state index in [1.807, 2.05) is 0 Å². The zero-order valence-corrected chi connectivity index (χ0v) is 42.4. The number of aromatic nitrogens is 10. The minimum atomic E-state index is -1.19. The van der Waals surface area contributed by atoms with Crippen LogP contribution < -0.4 is 0 Å². The van der Waals surface area contributed by atoms with Crippen molar-refractivity contribution in [3.63, 3.8) is 0 Å². The number of alkyl halides is 1. The Labute approximate surface area is 400 Å². The molecule has 16 nitrogen and oxygen atoms in total. The topological polar surface area (TPSA) is 179 Å². The molecule has 2 saturated heterocycles. The number of rotatable bonds is 15. The van der Waals surface area contributed by atoms with Gasteiger partial charge in [-0.1, -0.05) is 61.9 Å². The van der Waals surface area contributed by atoms with Crippen molar-refractivity contribution < 1.29 is 37.3 Å². The van der Waals surface area contributed by atoms with Crippen molar-refractivity contribution in [3.8, 4) is 22.8 Å². The second-order valence-corrected chi connectivity index (χ2v) is 31.9. The summed E-state index contributed by atoms with van der Waals surface area (Å²) in [7, 11) is -2.35. The Hall–Kier alpha value is -5.18. The number of benzene rings is 2. The molecule has 0 unspecified atom stereocenters. The fraction of sp³-hybridized carbons (Fsp3) is 0.391. The first-order valence-electron chi connectivity index (χ1n) is 22.0. The van der Waals surface area contributed by atoms with E-state index >= 15 is 0 Å². The zero-order chi connectivity index (χ0) is 47.5. The van der Waals surface area contributed by atoms with Gasteiger partial charge in [0.1, 0.15) is 58.9 Å². The Morgan fingerprint density at radius 1 is 0.746 bits per heavy atom. The van der Waals surface area contributed by atoms with Gasteiger partial charge in [-0.3, -0.25) is 19.4 Å². The van der Waals surface area contributed by atoms with Crippen LogP contribution in [0.3, 0.4) is 0 Å². The van der Waals surface area contributed by atoms with Crippen molar-refractivity contribution in [2.45, 2.75) is 74.8 Å². The first kappa shape index (κ1) is 48.3. The van der Waals surface area contributed by atoms with Gasteiger partial charge in [0.15, 0.2) is 23.9 Å². The third-order valence-corrected chi connectivity index (χ3v) is 15.3. The van der Waals surface area contributed by atoms with E-state index in [-0.39, 0.29) is 17.7 Å². The average Bonchev–Trinajstić information content (AvgIpc) is 4.03. The highest BCUT2D eigenvalue weighted by molar-refractivity contribution is 14.1. The third kappa shape index (κ3) is 11.4. The second-order valence-electron chi connectivity index (χ2n) is 18.9. The summed E-state index contributed by atoms with van der Waals surface area (Å²) in [6.07, 6.45) is 8.20. The molecule has 0 atom stereocenters. The van der Waals surface area contributed by atoms with Crippen molar-refractivity contribution in [2.24, 2.45) is 0 Å². The van der Waals surface area contributed by atoms with Crippen molar-refractivity contribution in [1.29, 1.82) is 0 Å². The SMILES string of the molecule is C[Si](C)(C)CCOCn1cc(C=O)c2nc(-c3n[nH]c4cc(F)ccc34)cnc21.C[Si](C)(C)CCOCn1cc(C=O)c2nc(-c3nn(C4COC4)c4cc(F)ccc34)cnc21.IC1COC1. The van der Waals surface area contributed by atoms with Crippen LogP contribution in [-0.2, 0) is 32.4 Å². The largest absolute Gasteiger partial charge is 0.379 e. The molecule has 352 valence electrons. The summed E-state index contributed by atoms with van der Waals surface area (Å²) in [6, 6.07) is 11.2. The molecule has 2 aliphatic rings. The van der Waals surface area contributed by atoms with E-state index in [1.54, 1.807) is 50.7 Å². The second kappa shape index (κ2) is 20.6. The number of nitrogens with zero attached hydrogens (tertiary/aromatic N) is 9. The molecular weight excluding hydrogens is 1010 g/mol. The maximum atomic E-state index is 14.0. The molecule has 0 bridgehead atoms. The Morgan fingerprint density at radius 2 is 1.25 bits per heavy atom. The van der Waals surface area contributed by atoms with E-state index in [4.69, 9.17) is 29.0 Å². The highest BCUT2D eigenvalue weighted by Gasteiger charge is 2.27. The number of hydrogen-bond donors (Lipinski definition) is 1. The lowest BCUT2D eigenvalue weighted by Crippen LogP contribution is -2.31. The third-order valence-electron chi connectivity index (χ3n) is 11.1. The number of hydrogen-bond acceptors (Lipinski definition) is 12. The molecule has 67 heavy (non-hydrogen) atoms. The molecule has 2 fully saturated rings. The van der Waals surface area contributed by atoms with E-state index in [2.05, 4.69) is 87.0 Å². The number of nitrogens with one attached hydrogen (secondary N) is 1. The molecular formula is C46H53F2IN10O6Si2. The number of fused-ring (bicyclic) bond motifs is 4. The van der Waals surface area contributed by atoms with Gasteiger partial charge in [-0.25, -0.2) is 28.7 Å². The Bertz CT molecular complexity index is 3050. The lowest BCUT2D eigenvalue weighted by molar-refractivity contribution is -0.0265. The summed E-state index contributed by atoms with van der Waals surface area (Å²) in [5, 5.41) is 13.3. The van der Waals surface area contributed by atoms with E-state index in [0.717, 1.165) is 52.6 Å². The van der Waals surface area contributed by atoms with E-state index in [0.29, 0.717) is 107 Å². The molecule has 0 saturated carbocycles. The van der Waals surface area contributed by atoms with Gasteiger partial charge < -0.3 is 28.1 Å². The number of aldehydes is 2. The van der Waals surface area contributed by atoms with Crippen LogP contribution in [0.5, 0.6) is 0 Å². The van der Waals surface area contributed by atoms with E-state index < -0.39 is 16.1 Å². The number of halogens is 3. The smallest absolute Gasteiger partial charge is 0.161 e. The normalized spacial score (nSPS) is 14.5. The Morgan fingerprint density at radius 3 is 1.73 bits per heavy atom. The lowest BCUT2D eigenvalue weighted by atomic mass is 10.1. The van der Waals surface area contributed by atoms with Gasteiger partial charge in [0, 0.05) is 52.5 Å². The van der Waals surface area contributed by atoms with Crippen molar-refractivity contribution in [3.05, 3.63) is 83.9 Å². The molecule has 2 aromatic carbocycles. The minimum absolute atomic E-state index is 0.0552. The fourth-order valence-corrected chi connectivity index (χ4v) is 9.19. The average molecular weight is 1060 g/mol. The van der Waals surface area contributed by atoms with E-state index in [1.165, 1.54) is 24.3 Å². The Balaban J connectivity index is 0.000000165. The highest BCUT2D eigenvalue weighted by Crippen LogP contribution is 2.33. The van der Waals surface area contributed by atoms with Crippen LogP contribution >= 0.6 is 22.6 Å². The first-order valence-corrected chi connectivity index (χ1v) is 30.6.